The first-order valence-corrected chi connectivity index (χ1v) is 7.67. The van der Waals surface area contributed by atoms with Gasteiger partial charge in [0.1, 0.15) is 0 Å². The standard InChI is InChI=1S/C17H17BrO3/c1-2-3-4-11-5-7-12(8-6-11)17(21)13-9-15(19)16(20)10-14(13)18/h5-10,19-20H,2-4H2,1H3. The van der Waals surface area contributed by atoms with Gasteiger partial charge in [-0.05, 0) is 46.5 Å². The van der Waals surface area contributed by atoms with Gasteiger partial charge in [0.25, 0.3) is 0 Å². The number of phenolic OH excluding ortho intramolecular Hbond substituents is 2. The molecule has 0 spiro atoms. The number of phenols is 2. The Morgan fingerprint density at radius 1 is 1.10 bits per heavy atom. The maximum atomic E-state index is 12.4. The second-order valence-electron chi connectivity index (χ2n) is 4.95. The second-order valence-corrected chi connectivity index (χ2v) is 5.80. The van der Waals surface area contributed by atoms with Crippen molar-refractivity contribution in [2.75, 3.05) is 0 Å². The summed E-state index contributed by atoms with van der Waals surface area (Å²) in [4.78, 5) is 12.4. The lowest BCUT2D eigenvalue weighted by molar-refractivity contribution is 0.103. The highest BCUT2D eigenvalue weighted by Crippen LogP contribution is 2.32. The first kappa shape index (κ1) is 15.6. The van der Waals surface area contributed by atoms with Gasteiger partial charge in [0.15, 0.2) is 17.3 Å². The Morgan fingerprint density at radius 3 is 2.33 bits per heavy atom. The molecule has 21 heavy (non-hydrogen) atoms. The van der Waals surface area contributed by atoms with Crippen molar-refractivity contribution in [2.24, 2.45) is 0 Å². The minimum absolute atomic E-state index is 0.195. The third-order valence-corrected chi connectivity index (χ3v) is 4.00. The third-order valence-electron chi connectivity index (χ3n) is 3.34. The van der Waals surface area contributed by atoms with Gasteiger partial charge in [-0.25, -0.2) is 0 Å². The number of ketones is 1. The molecule has 110 valence electrons. The van der Waals surface area contributed by atoms with Crippen LogP contribution < -0.4 is 0 Å². The van der Waals surface area contributed by atoms with Crippen LogP contribution in [-0.4, -0.2) is 16.0 Å². The van der Waals surface area contributed by atoms with E-state index < -0.39 is 0 Å². The van der Waals surface area contributed by atoms with Crippen molar-refractivity contribution < 1.29 is 15.0 Å². The van der Waals surface area contributed by atoms with E-state index in [0.717, 1.165) is 19.3 Å². The van der Waals surface area contributed by atoms with Crippen LogP contribution in [0.3, 0.4) is 0 Å². The zero-order chi connectivity index (χ0) is 15.4. The zero-order valence-electron chi connectivity index (χ0n) is 11.8. The highest BCUT2D eigenvalue weighted by molar-refractivity contribution is 9.10. The van der Waals surface area contributed by atoms with E-state index in [9.17, 15) is 15.0 Å². The number of hydrogen-bond acceptors (Lipinski definition) is 3. The Balaban J connectivity index is 2.26. The molecule has 0 heterocycles. The third kappa shape index (κ3) is 3.64. The Morgan fingerprint density at radius 2 is 1.71 bits per heavy atom. The average molecular weight is 349 g/mol. The largest absolute Gasteiger partial charge is 0.504 e. The van der Waals surface area contributed by atoms with E-state index in [1.165, 1.54) is 17.7 Å². The topological polar surface area (TPSA) is 57.5 Å². The summed E-state index contributed by atoms with van der Waals surface area (Å²) in [5.41, 5.74) is 2.09. The minimum atomic E-state index is -0.305. The van der Waals surface area contributed by atoms with Crippen molar-refractivity contribution in [3.05, 3.63) is 57.6 Å². The molecule has 2 rings (SSSR count). The van der Waals surface area contributed by atoms with E-state index in [1.807, 2.05) is 12.1 Å². The molecule has 0 amide bonds. The van der Waals surface area contributed by atoms with Crippen LogP contribution in [0, 0.1) is 0 Å². The molecule has 0 unspecified atom stereocenters. The molecule has 0 fully saturated rings. The molecule has 2 aromatic carbocycles. The van der Waals surface area contributed by atoms with E-state index >= 15 is 0 Å². The van der Waals surface area contributed by atoms with Crippen molar-refractivity contribution in [3.8, 4) is 11.5 Å². The highest BCUT2D eigenvalue weighted by atomic mass is 79.9. The molecule has 0 bridgehead atoms. The molecule has 0 radical (unpaired) electrons. The quantitative estimate of drug-likeness (QED) is 0.620. The predicted octanol–water partition coefficient (Wildman–Crippen LogP) is 4.43. The fourth-order valence-corrected chi connectivity index (χ4v) is 2.60. The van der Waals surface area contributed by atoms with Crippen LogP contribution in [0.1, 0.15) is 41.3 Å². The normalized spacial score (nSPS) is 10.6. The summed E-state index contributed by atoms with van der Waals surface area (Å²) in [6.07, 6.45) is 3.28. The Hall–Kier alpha value is -1.81. The molecule has 0 saturated carbocycles. The maximum absolute atomic E-state index is 12.4. The molecule has 0 aromatic heterocycles. The number of benzene rings is 2. The second kappa shape index (κ2) is 6.76. The van der Waals surface area contributed by atoms with Gasteiger partial charge in [-0.1, -0.05) is 37.6 Å². The molecule has 0 aliphatic carbocycles. The number of unbranched alkanes of at least 4 members (excludes halogenated alkanes) is 1. The molecule has 0 atom stereocenters. The lowest BCUT2D eigenvalue weighted by atomic mass is 10.00. The van der Waals surface area contributed by atoms with E-state index in [-0.39, 0.29) is 17.3 Å². The predicted molar refractivity (Wildman–Crippen MR) is 86.0 cm³/mol. The van der Waals surface area contributed by atoms with Crippen LogP contribution >= 0.6 is 15.9 Å². The molecular formula is C17H17BrO3. The monoisotopic (exact) mass is 348 g/mol. The van der Waals surface area contributed by atoms with Gasteiger partial charge in [0.05, 0.1) is 0 Å². The number of halogens is 1. The highest BCUT2D eigenvalue weighted by Gasteiger charge is 2.15. The minimum Gasteiger partial charge on any atom is -0.504 e. The number of hydrogen-bond donors (Lipinski definition) is 2. The average Bonchev–Trinajstić information content (AvgIpc) is 2.48. The van der Waals surface area contributed by atoms with Gasteiger partial charge >= 0.3 is 0 Å². The molecular weight excluding hydrogens is 332 g/mol. The van der Waals surface area contributed by atoms with E-state index in [0.29, 0.717) is 15.6 Å². The summed E-state index contributed by atoms with van der Waals surface area (Å²) < 4.78 is 0.456. The number of aromatic hydroxyl groups is 2. The van der Waals surface area contributed by atoms with Crippen molar-refractivity contribution in [1.82, 2.24) is 0 Å². The van der Waals surface area contributed by atoms with Crippen molar-refractivity contribution in [2.45, 2.75) is 26.2 Å². The number of aryl methyl sites for hydroxylation is 1. The fourth-order valence-electron chi connectivity index (χ4n) is 2.08. The van der Waals surface area contributed by atoms with Gasteiger partial charge < -0.3 is 10.2 Å². The Labute approximate surface area is 132 Å². The van der Waals surface area contributed by atoms with Crippen molar-refractivity contribution in [1.29, 1.82) is 0 Å². The summed E-state index contributed by atoms with van der Waals surface area (Å²) in [7, 11) is 0. The lowest BCUT2D eigenvalue weighted by Gasteiger charge is -2.07. The molecule has 3 nitrogen and oxygen atoms in total. The van der Waals surface area contributed by atoms with Crippen molar-refractivity contribution in [3.63, 3.8) is 0 Å². The van der Waals surface area contributed by atoms with Gasteiger partial charge in [-0.15, -0.1) is 0 Å². The van der Waals surface area contributed by atoms with Gasteiger partial charge in [0.2, 0.25) is 0 Å². The van der Waals surface area contributed by atoms with Crippen molar-refractivity contribution >= 4 is 21.7 Å². The summed E-state index contributed by atoms with van der Waals surface area (Å²) >= 11 is 3.24. The van der Waals surface area contributed by atoms with Crippen LogP contribution in [-0.2, 0) is 6.42 Å². The van der Waals surface area contributed by atoms with E-state index in [2.05, 4.69) is 22.9 Å². The summed E-state index contributed by atoms with van der Waals surface area (Å²) in [5, 5.41) is 18.9. The SMILES string of the molecule is CCCCc1ccc(C(=O)c2cc(O)c(O)cc2Br)cc1. The first-order chi connectivity index (χ1) is 10.0. The summed E-state index contributed by atoms with van der Waals surface area (Å²) in [6.45, 7) is 2.15. The fraction of sp³-hybridized carbons (Fsp3) is 0.235. The molecule has 4 heteroatoms. The van der Waals surface area contributed by atoms with E-state index in [4.69, 9.17) is 0 Å². The molecule has 0 aliphatic heterocycles. The summed E-state index contributed by atoms with van der Waals surface area (Å²) in [6, 6.07) is 10.1. The van der Waals surface area contributed by atoms with Crippen LogP contribution in [0.25, 0.3) is 0 Å². The Bertz CT molecular complexity index is 648. The van der Waals surface area contributed by atoms with Gasteiger partial charge in [0, 0.05) is 15.6 Å². The smallest absolute Gasteiger partial charge is 0.194 e. The molecule has 0 aliphatic rings. The van der Waals surface area contributed by atoms with E-state index in [1.54, 1.807) is 12.1 Å². The number of rotatable bonds is 5. The summed E-state index contributed by atoms with van der Waals surface area (Å²) in [5.74, 6) is -0.756. The lowest BCUT2D eigenvalue weighted by Crippen LogP contribution is -2.02. The van der Waals surface area contributed by atoms with Gasteiger partial charge in [-0.3, -0.25) is 4.79 Å². The van der Waals surface area contributed by atoms with Gasteiger partial charge in [-0.2, -0.15) is 0 Å². The molecule has 0 saturated heterocycles. The van der Waals surface area contributed by atoms with Crippen LogP contribution in [0.2, 0.25) is 0 Å². The maximum Gasteiger partial charge on any atom is 0.194 e. The number of carbonyl (C=O) groups excluding carboxylic acids is 1. The van der Waals surface area contributed by atoms with Crippen LogP contribution in [0.5, 0.6) is 11.5 Å². The first-order valence-electron chi connectivity index (χ1n) is 6.88. The van der Waals surface area contributed by atoms with Crippen LogP contribution in [0.15, 0.2) is 40.9 Å². The molecule has 2 N–H and O–H groups in total. The van der Waals surface area contributed by atoms with Crippen LogP contribution in [0.4, 0.5) is 0 Å². The Kier molecular flexibility index (Phi) is 5.02. The molecule has 2 aromatic rings. The zero-order valence-corrected chi connectivity index (χ0v) is 13.4. The number of carbonyl (C=O) groups is 1.